The van der Waals surface area contributed by atoms with Gasteiger partial charge in [0.25, 0.3) is 0 Å². The van der Waals surface area contributed by atoms with Crippen LogP contribution in [0.25, 0.3) is 49.7 Å². The standard InChI is InChI=1S/C34H21F2NO4/c1-41-34(40)20-6-10-27(11-7-20)37-32-16-23(21-2-4-25(18-38)30(35)14-21)8-12-28(32)29-13-9-24(17-33(29)37)22-3-5-26(19-39)31(36)15-22/h2-19H,1H3. The van der Waals surface area contributed by atoms with Crippen LogP contribution in [0, 0.1) is 11.6 Å². The predicted molar refractivity (Wildman–Crippen MR) is 154 cm³/mol. The molecular weight excluding hydrogens is 524 g/mol. The highest BCUT2D eigenvalue weighted by atomic mass is 19.1. The third kappa shape index (κ3) is 4.47. The second kappa shape index (κ2) is 10.3. The summed E-state index contributed by atoms with van der Waals surface area (Å²) in [7, 11) is 1.32. The molecule has 1 aromatic heterocycles. The fourth-order valence-corrected chi connectivity index (χ4v) is 5.12. The smallest absolute Gasteiger partial charge is 0.337 e. The number of carbonyl (C=O) groups excluding carboxylic acids is 3. The lowest BCUT2D eigenvalue weighted by molar-refractivity contribution is 0.0600. The van der Waals surface area contributed by atoms with Gasteiger partial charge >= 0.3 is 5.97 Å². The first-order valence-corrected chi connectivity index (χ1v) is 12.7. The number of hydrogen-bond acceptors (Lipinski definition) is 4. The average Bonchev–Trinajstić information content (AvgIpc) is 3.33. The molecule has 0 saturated heterocycles. The number of aromatic nitrogens is 1. The Morgan fingerprint density at radius 1 is 0.634 bits per heavy atom. The summed E-state index contributed by atoms with van der Waals surface area (Å²) in [6.07, 6.45) is 0.961. The zero-order valence-electron chi connectivity index (χ0n) is 21.7. The zero-order chi connectivity index (χ0) is 28.7. The van der Waals surface area contributed by atoms with E-state index in [9.17, 15) is 23.2 Å². The molecule has 1 heterocycles. The molecule has 6 aromatic rings. The third-order valence-corrected chi connectivity index (χ3v) is 7.24. The van der Waals surface area contributed by atoms with Gasteiger partial charge in [0.2, 0.25) is 0 Å². The van der Waals surface area contributed by atoms with Gasteiger partial charge in [-0.1, -0.05) is 36.4 Å². The molecular formula is C34H21F2NO4. The summed E-state index contributed by atoms with van der Waals surface area (Å²) < 4.78 is 35.8. The number of hydrogen-bond donors (Lipinski definition) is 0. The van der Waals surface area contributed by atoms with Crippen molar-refractivity contribution in [3.8, 4) is 27.9 Å². The molecule has 0 aliphatic carbocycles. The Morgan fingerprint density at radius 2 is 1.07 bits per heavy atom. The minimum atomic E-state index is -0.603. The summed E-state index contributed by atoms with van der Waals surface area (Å²) in [5.41, 5.74) is 5.49. The Hall–Kier alpha value is -5.43. The number of carbonyl (C=O) groups is 3. The van der Waals surface area contributed by atoms with Crippen LogP contribution in [-0.2, 0) is 4.74 Å². The Kier molecular flexibility index (Phi) is 6.47. The molecule has 0 bridgehead atoms. The number of fused-ring (bicyclic) bond motifs is 3. The van der Waals surface area contributed by atoms with Gasteiger partial charge in [-0.2, -0.15) is 0 Å². The van der Waals surface area contributed by atoms with Gasteiger partial charge in [-0.3, -0.25) is 9.59 Å². The first-order valence-electron chi connectivity index (χ1n) is 12.7. The molecule has 7 heteroatoms. The van der Waals surface area contributed by atoms with Crippen molar-refractivity contribution < 1.29 is 27.9 Å². The van der Waals surface area contributed by atoms with Crippen LogP contribution in [0.3, 0.4) is 0 Å². The summed E-state index contributed by atoms with van der Waals surface area (Å²) in [5.74, 6) is -1.66. The molecule has 0 aliphatic rings. The van der Waals surface area contributed by atoms with E-state index >= 15 is 0 Å². The number of rotatable bonds is 6. The highest BCUT2D eigenvalue weighted by Crippen LogP contribution is 2.37. The fraction of sp³-hybridized carbons (Fsp3) is 0.0294. The highest BCUT2D eigenvalue weighted by Gasteiger charge is 2.16. The number of nitrogens with zero attached hydrogens (tertiary/aromatic N) is 1. The largest absolute Gasteiger partial charge is 0.465 e. The van der Waals surface area contributed by atoms with Crippen molar-refractivity contribution in [1.29, 1.82) is 0 Å². The normalized spacial score (nSPS) is 11.1. The summed E-state index contributed by atoms with van der Waals surface area (Å²) in [6, 6.07) is 27.5. The van der Waals surface area contributed by atoms with Crippen LogP contribution in [-0.4, -0.2) is 30.2 Å². The molecule has 5 aromatic carbocycles. The number of methoxy groups -OCH3 is 1. The van der Waals surface area contributed by atoms with Gasteiger partial charge in [0.05, 0.1) is 34.8 Å². The maximum atomic E-state index is 14.5. The minimum Gasteiger partial charge on any atom is -0.465 e. The quantitative estimate of drug-likeness (QED) is 0.158. The van der Waals surface area contributed by atoms with E-state index in [1.54, 1.807) is 24.3 Å². The number of benzene rings is 5. The van der Waals surface area contributed by atoms with Crippen molar-refractivity contribution >= 4 is 40.3 Å². The van der Waals surface area contributed by atoms with E-state index in [0.717, 1.165) is 38.6 Å². The number of aldehydes is 2. The van der Waals surface area contributed by atoms with Gasteiger partial charge in [0, 0.05) is 16.5 Å². The van der Waals surface area contributed by atoms with Crippen LogP contribution in [0.1, 0.15) is 31.1 Å². The molecule has 0 fully saturated rings. The van der Waals surface area contributed by atoms with Crippen molar-refractivity contribution in [2.75, 3.05) is 7.11 Å². The Balaban J connectivity index is 1.60. The van der Waals surface area contributed by atoms with E-state index in [4.69, 9.17) is 4.74 Å². The Morgan fingerprint density at radius 3 is 1.49 bits per heavy atom. The lowest BCUT2D eigenvalue weighted by Gasteiger charge is -2.11. The molecule has 5 nitrogen and oxygen atoms in total. The molecule has 200 valence electrons. The van der Waals surface area contributed by atoms with Gasteiger partial charge in [-0.15, -0.1) is 0 Å². The van der Waals surface area contributed by atoms with E-state index in [2.05, 4.69) is 0 Å². The molecule has 0 radical (unpaired) electrons. The molecule has 0 spiro atoms. The van der Waals surface area contributed by atoms with Crippen LogP contribution >= 0.6 is 0 Å². The van der Waals surface area contributed by atoms with Crippen LogP contribution in [0.15, 0.2) is 97.1 Å². The first kappa shape index (κ1) is 25.8. The van der Waals surface area contributed by atoms with E-state index in [0.29, 0.717) is 29.3 Å². The summed E-state index contributed by atoms with van der Waals surface area (Å²) in [6.45, 7) is 0. The van der Waals surface area contributed by atoms with E-state index in [1.165, 1.54) is 31.4 Å². The van der Waals surface area contributed by atoms with Crippen LogP contribution in [0.4, 0.5) is 8.78 Å². The van der Waals surface area contributed by atoms with Gasteiger partial charge in [-0.05, 0) is 82.9 Å². The summed E-state index contributed by atoms with van der Waals surface area (Å²) >= 11 is 0. The van der Waals surface area contributed by atoms with Gasteiger partial charge < -0.3 is 9.30 Å². The molecule has 0 atom stereocenters. The lowest BCUT2D eigenvalue weighted by Crippen LogP contribution is -2.01. The molecule has 0 unspecified atom stereocenters. The summed E-state index contributed by atoms with van der Waals surface area (Å²) in [4.78, 5) is 34.3. The van der Waals surface area contributed by atoms with Crippen LogP contribution < -0.4 is 0 Å². The van der Waals surface area contributed by atoms with Crippen molar-refractivity contribution in [3.05, 3.63) is 125 Å². The highest BCUT2D eigenvalue weighted by molar-refractivity contribution is 6.11. The third-order valence-electron chi connectivity index (χ3n) is 7.24. The van der Waals surface area contributed by atoms with Crippen molar-refractivity contribution in [1.82, 2.24) is 4.57 Å². The predicted octanol–water partition coefficient (Wildman–Crippen LogP) is 7.81. The van der Waals surface area contributed by atoms with Crippen molar-refractivity contribution in [2.45, 2.75) is 0 Å². The van der Waals surface area contributed by atoms with E-state index in [1.807, 2.05) is 53.1 Å². The van der Waals surface area contributed by atoms with Crippen LogP contribution in [0.2, 0.25) is 0 Å². The fourth-order valence-electron chi connectivity index (χ4n) is 5.12. The second-order valence-corrected chi connectivity index (χ2v) is 9.55. The molecule has 6 rings (SSSR count). The number of ether oxygens (including phenoxy) is 1. The maximum Gasteiger partial charge on any atom is 0.337 e. The van der Waals surface area contributed by atoms with Crippen LogP contribution in [0.5, 0.6) is 0 Å². The minimum absolute atomic E-state index is 0.0141. The number of esters is 1. The zero-order valence-corrected chi connectivity index (χ0v) is 21.7. The average molecular weight is 546 g/mol. The van der Waals surface area contributed by atoms with Gasteiger partial charge in [0.1, 0.15) is 11.6 Å². The molecule has 0 amide bonds. The molecule has 41 heavy (non-hydrogen) atoms. The van der Waals surface area contributed by atoms with E-state index < -0.39 is 17.6 Å². The first-order chi connectivity index (χ1) is 19.9. The Labute approximate surface area is 233 Å². The van der Waals surface area contributed by atoms with Gasteiger partial charge in [-0.25, -0.2) is 13.6 Å². The van der Waals surface area contributed by atoms with Gasteiger partial charge in [0.15, 0.2) is 12.6 Å². The number of halogens is 2. The monoisotopic (exact) mass is 545 g/mol. The second-order valence-electron chi connectivity index (χ2n) is 9.55. The molecule has 0 saturated carbocycles. The van der Waals surface area contributed by atoms with E-state index in [-0.39, 0.29) is 11.1 Å². The topological polar surface area (TPSA) is 65.4 Å². The van der Waals surface area contributed by atoms with Crippen molar-refractivity contribution in [3.63, 3.8) is 0 Å². The summed E-state index contributed by atoms with van der Waals surface area (Å²) in [5, 5.41) is 1.86. The maximum absolute atomic E-state index is 14.5. The molecule has 0 aliphatic heterocycles. The van der Waals surface area contributed by atoms with Crippen molar-refractivity contribution in [2.24, 2.45) is 0 Å². The lowest BCUT2D eigenvalue weighted by atomic mass is 10.0. The Bertz CT molecular complexity index is 1890. The SMILES string of the molecule is COC(=O)c1ccc(-n2c3cc(-c4ccc(C=O)c(F)c4)ccc3c3ccc(-c4ccc(C=O)c(F)c4)cc32)cc1. The molecule has 0 N–H and O–H groups in total.